The van der Waals surface area contributed by atoms with Crippen molar-refractivity contribution >= 4 is 0 Å². The lowest BCUT2D eigenvalue weighted by molar-refractivity contribution is 0.105. The standard InChI is InChI=1S/C9H15O/c1-6(10)5-8-7(2)9(8,3)4/h6H,5H2,1-4H3. The molecule has 1 atom stereocenters. The third-order valence-electron chi connectivity index (χ3n) is 2.57. The fraction of sp³-hybridized carbons (Fsp3) is 0.778. The zero-order valence-electron chi connectivity index (χ0n) is 7.19. The van der Waals surface area contributed by atoms with E-state index in [9.17, 15) is 5.11 Å². The van der Waals surface area contributed by atoms with Gasteiger partial charge >= 0.3 is 0 Å². The Hall–Kier alpha value is -0.300. The van der Waals surface area contributed by atoms with E-state index in [1.807, 2.05) is 0 Å². The highest BCUT2D eigenvalue weighted by Crippen LogP contribution is 2.53. The van der Waals surface area contributed by atoms with Gasteiger partial charge in [-0.2, -0.15) is 0 Å². The Balaban J connectivity index is 2.47. The summed E-state index contributed by atoms with van der Waals surface area (Å²) in [5, 5.41) is 10.8. The van der Waals surface area contributed by atoms with Crippen LogP contribution in [0.4, 0.5) is 0 Å². The Morgan fingerprint density at radius 3 is 2.00 bits per heavy atom. The van der Waals surface area contributed by atoms with Crippen molar-refractivity contribution in [2.75, 3.05) is 0 Å². The second kappa shape index (κ2) is 2.09. The summed E-state index contributed by atoms with van der Waals surface area (Å²) in [6, 6.07) is 0. The van der Waals surface area contributed by atoms with Crippen LogP contribution in [0.2, 0.25) is 0 Å². The maximum Gasteiger partial charge on any atom is 0.0939 e. The van der Waals surface area contributed by atoms with Crippen LogP contribution in [-0.2, 0) is 5.11 Å². The molecule has 1 aliphatic carbocycles. The average Bonchev–Trinajstić information content (AvgIpc) is 2.17. The quantitative estimate of drug-likeness (QED) is 0.524. The maximum absolute atomic E-state index is 10.8. The van der Waals surface area contributed by atoms with Crippen LogP contribution in [0.25, 0.3) is 0 Å². The van der Waals surface area contributed by atoms with E-state index in [-0.39, 0.29) is 0 Å². The van der Waals surface area contributed by atoms with Gasteiger partial charge in [0.25, 0.3) is 0 Å². The second-order valence-corrected chi connectivity index (χ2v) is 3.74. The van der Waals surface area contributed by atoms with Crippen molar-refractivity contribution < 1.29 is 5.11 Å². The van der Waals surface area contributed by atoms with Gasteiger partial charge in [0.15, 0.2) is 0 Å². The molecule has 1 heteroatoms. The van der Waals surface area contributed by atoms with E-state index < -0.39 is 6.10 Å². The molecule has 0 aromatic rings. The minimum Gasteiger partial charge on any atom is -0.233 e. The summed E-state index contributed by atoms with van der Waals surface area (Å²) in [7, 11) is 0. The molecule has 1 rings (SSSR count). The van der Waals surface area contributed by atoms with Crippen LogP contribution in [0.5, 0.6) is 0 Å². The molecule has 1 aliphatic rings. The first-order chi connectivity index (χ1) is 4.46. The Morgan fingerprint density at radius 1 is 1.50 bits per heavy atom. The van der Waals surface area contributed by atoms with Crippen molar-refractivity contribution in [2.45, 2.75) is 40.2 Å². The predicted molar refractivity (Wildman–Crippen MR) is 41.2 cm³/mol. The molecule has 0 heterocycles. The fourth-order valence-electron chi connectivity index (χ4n) is 1.44. The molecule has 1 unspecified atom stereocenters. The molecule has 1 nitrogen and oxygen atoms in total. The SMILES string of the molecule is CC1=C(CC(C)[O])C1(C)C. The van der Waals surface area contributed by atoms with E-state index in [1.165, 1.54) is 11.1 Å². The summed E-state index contributed by atoms with van der Waals surface area (Å²) >= 11 is 0. The van der Waals surface area contributed by atoms with Gasteiger partial charge in [0.1, 0.15) is 0 Å². The molecule has 0 saturated carbocycles. The third-order valence-corrected chi connectivity index (χ3v) is 2.57. The minimum atomic E-state index is -0.424. The lowest BCUT2D eigenvalue weighted by atomic mass is 10.0. The molecule has 0 amide bonds. The van der Waals surface area contributed by atoms with Crippen LogP contribution in [-0.4, -0.2) is 6.10 Å². The van der Waals surface area contributed by atoms with Gasteiger partial charge < -0.3 is 0 Å². The van der Waals surface area contributed by atoms with Crippen molar-refractivity contribution in [3.63, 3.8) is 0 Å². The van der Waals surface area contributed by atoms with Crippen molar-refractivity contribution in [1.29, 1.82) is 0 Å². The van der Waals surface area contributed by atoms with E-state index in [0.29, 0.717) is 5.41 Å². The van der Waals surface area contributed by atoms with Crippen molar-refractivity contribution in [1.82, 2.24) is 0 Å². The average molecular weight is 139 g/mol. The highest BCUT2D eigenvalue weighted by molar-refractivity contribution is 5.45. The lowest BCUT2D eigenvalue weighted by Crippen LogP contribution is -2.00. The second-order valence-electron chi connectivity index (χ2n) is 3.74. The normalized spacial score (nSPS) is 24.9. The first-order valence-electron chi connectivity index (χ1n) is 3.82. The van der Waals surface area contributed by atoms with Crippen LogP contribution >= 0.6 is 0 Å². The van der Waals surface area contributed by atoms with Gasteiger partial charge in [-0.1, -0.05) is 25.0 Å². The largest absolute Gasteiger partial charge is 0.233 e. The minimum absolute atomic E-state index is 0.290. The van der Waals surface area contributed by atoms with E-state index in [4.69, 9.17) is 0 Å². The molecule has 10 heavy (non-hydrogen) atoms. The highest BCUT2D eigenvalue weighted by Gasteiger charge is 2.41. The van der Waals surface area contributed by atoms with Crippen molar-refractivity contribution in [2.24, 2.45) is 5.41 Å². The van der Waals surface area contributed by atoms with Crippen molar-refractivity contribution in [3.8, 4) is 0 Å². The number of hydrogen-bond donors (Lipinski definition) is 0. The van der Waals surface area contributed by atoms with E-state index in [1.54, 1.807) is 6.92 Å². The highest BCUT2D eigenvalue weighted by atomic mass is 16.3. The monoisotopic (exact) mass is 139 g/mol. The molecule has 0 saturated heterocycles. The molecule has 1 radical (unpaired) electrons. The Labute approximate surface area is 62.8 Å². The first-order valence-corrected chi connectivity index (χ1v) is 3.82. The summed E-state index contributed by atoms with van der Waals surface area (Å²) in [6.07, 6.45) is 0.325. The molecule has 0 aliphatic heterocycles. The van der Waals surface area contributed by atoms with Gasteiger partial charge in [0.2, 0.25) is 0 Å². The van der Waals surface area contributed by atoms with E-state index >= 15 is 0 Å². The molecular weight excluding hydrogens is 124 g/mol. The van der Waals surface area contributed by atoms with Gasteiger partial charge in [-0.25, -0.2) is 5.11 Å². The number of rotatable bonds is 2. The Morgan fingerprint density at radius 2 is 1.90 bits per heavy atom. The van der Waals surface area contributed by atoms with Crippen LogP contribution in [0, 0.1) is 5.41 Å². The lowest BCUT2D eigenvalue weighted by Gasteiger charge is -2.04. The van der Waals surface area contributed by atoms with Crippen LogP contribution in [0.15, 0.2) is 11.1 Å². The van der Waals surface area contributed by atoms with Crippen molar-refractivity contribution in [3.05, 3.63) is 11.1 Å². The van der Waals surface area contributed by atoms with Gasteiger partial charge in [-0.05, 0) is 20.3 Å². The predicted octanol–water partition coefficient (Wildman–Crippen LogP) is 2.55. The zero-order chi connectivity index (χ0) is 7.94. The molecule has 0 aromatic carbocycles. The van der Waals surface area contributed by atoms with Crippen LogP contribution in [0.3, 0.4) is 0 Å². The smallest absolute Gasteiger partial charge is 0.0939 e. The zero-order valence-corrected chi connectivity index (χ0v) is 7.19. The maximum atomic E-state index is 10.8. The summed E-state index contributed by atoms with van der Waals surface area (Å²) < 4.78 is 0. The molecule has 57 valence electrons. The molecular formula is C9H15O. The Kier molecular flexibility index (Phi) is 1.63. The summed E-state index contributed by atoms with van der Waals surface area (Å²) in [5.41, 5.74) is 3.10. The molecule has 0 fully saturated rings. The van der Waals surface area contributed by atoms with E-state index in [2.05, 4.69) is 20.8 Å². The van der Waals surface area contributed by atoms with Crippen LogP contribution < -0.4 is 0 Å². The molecule has 0 aromatic heterocycles. The van der Waals surface area contributed by atoms with E-state index in [0.717, 1.165) is 6.42 Å². The fourth-order valence-corrected chi connectivity index (χ4v) is 1.44. The van der Waals surface area contributed by atoms with Gasteiger partial charge in [0.05, 0.1) is 6.10 Å². The number of allylic oxidation sites excluding steroid dienone is 1. The van der Waals surface area contributed by atoms with Crippen LogP contribution in [0.1, 0.15) is 34.1 Å². The summed E-state index contributed by atoms with van der Waals surface area (Å²) in [5.74, 6) is 0. The topological polar surface area (TPSA) is 19.9 Å². The first kappa shape index (κ1) is 7.80. The molecule has 0 N–H and O–H groups in total. The summed E-state index contributed by atoms with van der Waals surface area (Å²) in [6.45, 7) is 8.21. The molecule has 0 spiro atoms. The molecule has 0 bridgehead atoms. The number of hydrogen-bond acceptors (Lipinski definition) is 0. The third kappa shape index (κ3) is 1.10. The van der Waals surface area contributed by atoms with Gasteiger partial charge in [0, 0.05) is 5.41 Å². The Bertz CT molecular complexity index is 175. The summed E-state index contributed by atoms with van der Waals surface area (Å²) in [4.78, 5) is 0. The van der Waals surface area contributed by atoms with Gasteiger partial charge in [-0.15, -0.1) is 0 Å². The van der Waals surface area contributed by atoms with Gasteiger partial charge in [-0.3, -0.25) is 0 Å².